The van der Waals surface area contributed by atoms with Crippen molar-refractivity contribution in [3.05, 3.63) is 53.5 Å². The van der Waals surface area contributed by atoms with Gasteiger partial charge in [0.1, 0.15) is 30.0 Å². The number of hydrogen-bond acceptors (Lipinski definition) is 5. The number of nitrogens with zero attached hydrogens (tertiary/aromatic N) is 2. The Bertz CT molecular complexity index is 739. The van der Waals surface area contributed by atoms with Gasteiger partial charge >= 0.3 is 0 Å². The van der Waals surface area contributed by atoms with Crippen LogP contribution in [0.25, 0.3) is 0 Å². The first kappa shape index (κ1) is 21.9. The molecule has 3 rings (SSSR count). The van der Waals surface area contributed by atoms with Crippen LogP contribution in [0.15, 0.2) is 40.8 Å². The second kappa shape index (κ2) is 10.8. The summed E-state index contributed by atoms with van der Waals surface area (Å²) in [6, 6.07) is 12.7. The summed E-state index contributed by atoms with van der Waals surface area (Å²) in [7, 11) is 4.20. The number of likely N-dealkylation sites (N-methyl/N-ethyl adjacent to an activating group) is 1. The Morgan fingerprint density at radius 2 is 1.90 bits per heavy atom. The van der Waals surface area contributed by atoms with Crippen molar-refractivity contribution in [2.75, 3.05) is 27.2 Å². The fourth-order valence-electron chi connectivity index (χ4n) is 4.19. The van der Waals surface area contributed by atoms with E-state index in [4.69, 9.17) is 9.15 Å². The second-order valence-electron chi connectivity index (χ2n) is 8.53. The first-order valence-corrected chi connectivity index (χ1v) is 10.8. The molecule has 1 aromatic carbocycles. The van der Waals surface area contributed by atoms with Crippen molar-refractivity contribution in [1.82, 2.24) is 9.80 Å². The van der Waals surface area contributed by atoms with Gasteiger partial charge in [0.2, 0.25) is 0 Å². The van der Waals surface area contributed by atoms with Crippen LogP contribution in [-0.2, 0) is 13.1 Å². The van der Waals surface area contributed by atoms with Crippen molar-refractivity contribution >= 4 is 0 Å². The highest BCUT2D eigenvalue weighted by Crippen LogP contribution is 2.22. The fraction of sp³-hybridized carbons (Fsp3) is 0.583. The molecule has 0 amide bonds. The minimum Gasteiger partial charge on any atom is -0.491 e. The molecular weight excluding hydrogens is 364 g/mol. The van der Waals surface area contributed by atoms with Crippen molar-refractivity contribution in [2.45, 2.75) is 64.3 Å². The molecule has 0 radical (unpaired) electrons. The lowest BCUT2D eigenvalue weighted by molar-refractivity contribution is 0.0561. The van der Waals surface area contributed by atoms with Gasteiger partial charge in [-0.1, -0.05) is 31.4 Å². The minimum atomic E-state index is -0.476. The molecule has 1 unspecified atom stereocenters. The topological polar surface area (TPSA) is 49.1 Å². The van der Waals surface area contributed by atoms with E-state index in [1.165, 1.54) is 37.7 Å². The van der Waals surface area contributed by atoms with Gasteiger partial charge in [-0.25, -0.2) is 0 Å². The van der Waals surface area contributed by atoms with Crippen LogP contribution in [-0.4, -0.2) is 54.3 Å². The average Bonchev–Trinajstić information content (AvgIpc) is 3.11. The van der Waals surface area contributed by atoms with Gasteiger partial charge in [-0.2, -0.15) is 0 Å². The zero-order valence-electron chi connectivity index (χ0n) is 18.1. The highest BCUT2D eigenvalue weighted by Gasteiger charge is 2.20. The molecule has 1 fully saturated rings. The number of aliphatic hydroxyl groups is 1. The number of rotatable bonds is 10. The largest absolute Gasteiger partial charge is 0.491 e. The van der Waals surface area contributed by atoms with Gasteiger partial charge in [-0.15, -0.1) is 0 Å². The molecule has 1 aromatic heterocycles. The lowest BCUT2D eigenvalue weighted by atomic mass is 9.94. The predicted octanol–water partition coefficient (Wildman–Crippen LogP) is 4.22. The Labute approximate surface area is 175 Å². The Morgan fingerprint density at radius 3 is 2.62 bits per heavy atom. The van der Waals surface area contributed by atoms with Crippen LogP contribution in [0, 0.1) is 6.92 Å². The zero-order chi connectivity index (χ0) is 20.6. The Balaban J connectivity index is 1.43. The second-order valence-corrected chi connectivity index (χ2v) is 8.53. The van der Waals surface area contributed by atoms with Crippen molar-refractivity contribution in [1.29, 1.82) is 0 Å². The summed E-state index contributed by atoms with van der Waals surface area (Å²) in [5.74, 6) is 2.73. The molecule has 5 heteroatoms. The molecule has 0 bridgehead atoms. The van der Waals surface area contributed by atoms with Gasteiger partial charge in [-0.05, 0) is 63.7 Å². The van der Waals surface area contributed by atoms with Crippen molar-refractivity contribution < 1.29 is 14.3 Å². The van der Waals surface area contributed by atoms with E-state index in [2.05, 4.69) is 36.0 Å². The van der Waals surface area contributed by atoms with E-state index in [9.17, 15) is 5.11 Å². The third kappa shape index (κ3) is 7.18. The highest BCUT2D eigenvalue weighted by molar-refractivity contribution is 5.28. The van der Waals surface area contributed by atoms with Crippen LogP contribution in [0.1, 0.15) is 49.2 Å². The van der Waals surface area contributed by atoms with Crippen LogP contribution in [0.5, 0.6) is 5.75 Å². The Morgan fingerprint density at radius 1 is 1.10 bits per heavy atom. The van der Waals surface area contributed by atoms with Crippen LogP contribution < -0.4 is 4.74 Å². The summed E-state index contributed by atoms with van der Waals surface area (Å²) in [5, 5.41) is 10.4. The van der Waals surface area contributed by atoms with Gasteiger partial charge in [0, 0.05) is 19.1 Å². The highest BCUT2D eigenvalue weighted by atomic mass is 16.5. The lowest BCUT2D eigenvalue weighted by Gasteiger charge is -2.32. The molecule has 1 aliphatic carbocycles. The van der Waals surface area contributed by atoms with Gasteiger partial charge in [-0.3, -0.25) is 4.90 Å². The smallest absolute Gasteiger partial charge is 0.119 e. The van der Waals surface area contributed by atoms with E-state index in [1.54, 1.807) is 0 Å². The molecule has 1 saturated carbocycles. The van der Waals surface area contributed by atoms with Gasteiger partial charge < -0.3 is 19.2 Å². The van der Waals surface area contributed by atoms with Crippen LogP contribution in [0.4, 0.5) is 0 Å². The number of hydrogen-bond donors (Lipinski definition) is 1. The van der Waals surface area contributed by atoms with Crippen molar-refractivity contribution in [3.8, 4) is 5.75 Å². The Kier molecular flexibility index (Phi) is 8.16. The third-order valence-electron chi connectivity index (χ3n) is 5.71. The summed E-state index contributed by atoms with van der Waals surface area (Å²) in [6.07, 6.45) is 5.98. The molecule has 1 aliphatic rings. The normalized spacial score (nSPS) is 16.5. The summed E-state index contributed by atoms with van der Waals surface area (Å²) in [5.41, 5.74) is 1.18. The summed E-state index contributed by atoms with van der Waals surface area (Å²) in [6.45, 7) is 4.53. The number of ether oxygens (including phenoxy) is 1. The molecule has 160 valence electrons. The molecule has 1 N–H and O–H groups in total. The quantitative estimate of drug-likeness (QED) is 0.647. The van der Waals surface area contributed by atoms with Gasteiger partial charge in [0.05, 0.1) is 6.54 Å². The number of furan rings is 1. The van der Waals surface area contributed by atoms with Gasteiger partial charge in [0.15, 0.2) is 0 Å². The maximum Gasteiger partial charge on any atom is 0.119 e. The van der Waals surface area contributed by atoms with E-state index >= 15 is 0 Å². The SMILES string of the molecule is Cc1ccc(CN(C)Cc2cccc(OCC(O)CN(C)C3CCCCC3)c2)o1. The van der Waals surface area contributed by atoms with E-state index in [-0.39, 0.29) is 0 Å². The lowest BCUT2D eigenvalue weighted by Crippen LogP contribution is -2.40. The van der Waals surface area contributed by atoms with E-state index < -0.39 is 6.10 Å². The molecule has 1 heterocycles. The van der Waals surface area contributed by atoms with Crippen molar-refractivity contribution in [2.24, 2.45) is 0 Å². The number of aliphatic hydroxyl groups excluding tert-OH is 1. The number of benzene rings is 1. The molecule has 0 spiro atoms. The zero-order valence-corrected chi connectivity index (χ0v) is 18.1. The summed E-state index contributed by atoms with van der Waals surface area (Å²) in [4.78, 5) is 4.51. The van der Waals surface area contributed by atoms with E-state index in [1.807, 2.05) is 31.2 Å². The first-order chi connectivity index (χ1) is 14.0. The third-order valence-corrected chi connectivity index (χ3v) is 5.71. The average molecular weight is 401 g/mol. The van der Waals surface area contributed by atoms with Crippen molar-refractivity contribution in [3.63, 3.8) is 0 Å². The predicted molar refractivity (Wildman–Crippen MR) is 116 cm³/mol. The standard InChI is InChI=1S/C24H36N2O3/c1-19-12-13-24(29-19)17-25(2)15-20-8-7-11-23(14-20)28-18-22(27)16-26(3)21-9-5-4-6-10-21/h7-8,11-14,21-22,27H,4-6,9-10,15-18H2,1-3H3. The first-order valence-electron chi connectivity index (χ1n) is 10.8. The molecule has 0 aliphatic heterocycles. The molecule has 1 atom stereocenters. The molecule has 29 heavy (non-hydrogen) atoms. The minimum absolute atomic E-state index is 0.321. The van der Waals surface area contributed by atoms with Crippen LogP contribution in [0.3, 0.4) is 0 Å². The molecule has 0 saturated heterocycles. The summed E-state index contributed by atoms with van der Waals surface area (Å²) >= 11 is 0. The van der Waals surface area contributed by atoms with Crippen LogP contribution >= 0.6 is 0 Å². The molecular formula is C24H36N2O3. The maximum atomic E-state index is 10.4. The number of aryl methyl sites for hydroxylation is 1. The fourth-order valence-corrected chi connectivity index (χ4v) is 4.19. The van der Waals surface area contributed by atoms with E-state index in [0.717, 1.165) is 30.4 Å². The molecule has 5 nitrogen and oxygen atoms in total. The summed E-state index contributed by atoms with van der Waals surface area (Å²) < 4.78 is 11.5. The molecule has 2 aromatic rings. The monoisotopic (exact) mass is 400 g/mol. The Hall–Kier alpha value is -1.82. The maximum absolute atomic E-state index is 10.4. The van der Waals surface area contributed by atoms with Gasteiger partial charge in [0.25, 0.3) is 0 Å². The van der Waals surface area contributed by atoms with E-state index in [0.29, 0.717) is 19.2 Å². The van der Waals surface area contributed by atoms with Crippen LogP contribution in [0.2, 0.25) is 0 Å².